The van der Waals surface area contributed by atoms with E-state index in [2.05, 4.69) is 6.92 Å². The lowest BCUT2D eigenvalue weighted by Gasteiger charge is -2.31. The molecule has 0 aromatic carbocycles. The van der Waals surface area contributed by atoms with E-state index in [1.807, 2.05) is 0 Å². The van der Waals surface area contributed by atoms with Crippen LogP contribution in [-0.2, 0) is 0 Å². The van der Waals surface area contributed by atoms with Crippen LogP contribution in [0.15, 0.2) is 0 Å². The predicted octanol–water partition coefficient (Wildman–Crippen LogP) is 1.58. The van der Waals surface area contributed by atoms with Gasteiger partial charge in [0.25, 0.3) is 0 Å². The van der Waals surface area contributed by atoms with Crippen LogP contribution >= 0.6 is 0 Å². The Morgan fingerprint density at radius 3 is 3.00 bits per heavy atom. The van der Waals surface area contributed by atoms with E-state index in [1.54, 1.807) is 4.90 Å². The smallest absolute Gasteiger partial charge is 0.314 e. The molecule has 2 N–H and O–H groups in total. The first-order valence-corrected chi connectivity index (χ1v) is 4.78. The van der Waals surface area contributed by atoms with Crippen molar-refractivity contribution in [1.82, 2.24) is 4.90 Å². The van der Waals surface area contributed by atoms with Crippen molar-refractivity contribution in [3.05, 3.63) is 0 Å². The van der Waals surface area contributed by atoms with Crippen molar-refractivity contribution in [3.8, 4) is 0 Å². The monoisotopic (exact) mass is 170 g/mol. The molecule has 1 rings (SSSR count). The van der Waals surface area contributed by atoms with Gasteiger partial charge in [-0.2, -0.15) is 0 Å². The van der Waals surface area contributed by atoms with Crippen LogP contribution in [-0.4, -0.2) is 24.0 Å². The number of likely N-dealkylation sites (tertiary alicyclic amines) is 1. The van der Waals surface area contributed by atoms with Gasteiger partial charge >= 0.3 is 6.03 Å². The van der Waals surface area contributed by atoms with Gasteiger partial charge in [0.15, 0.2) is 0 Å². The summed E-state index contributed by atoms with van der Waals surface area (Å²) in [5.41, 5.74) is 5.21. The molecule has 3 nitrogen and oxygen atoms in total. The van der Waals surface area contributed by atoms with Crippen molar-refractivity contribution in [2.45, 2.75) is 32.6 Å². The maximum atomic E-state index is 10.9. The second-order valence-corrected chi connectivity index (χ2v) is 3.58. The predicted molar refractivity (Wildman–Crippen MR) is 48.8 cm³/mol. The van der Waals surface area contributed by atoms with E-state index in [1.165, 1.54) is 19.3 Å². The van der Waals surface area contributed by atoms with Gasteiger partial charge in [0.2, 0.25) is 0 Å². The highest BCUT2D eigenvalue weighted by molar-refractivity contribution is 5.72. The van der Waals surface area contributed by atoms with Gasteiger partial charge in [-0.05, 0) is 25.2 Å². The minimum Gasteiger partial charge on any atom is -0.351 e. The maximum absolute atomic E-state index is 10.9. The number of primary amides is 1. The molecule has 0 spiro atoms. The van der Waals surface area contributed by atoms with Crippen molar-refractivity contribution in [3.63, 3.8) is 0 Å². The number of rotatable bonds is 2. The Hall–Kier alpha value is -0.730. The zero-order chi connectivity index (χ0) is 8.97. The minimum absolute atomic E-state index is 0.254. The molecule has 1 aliphatic heterocycles. The van der Waals surface area contributed by atoms with E-state index in [4.69, 9.17) is 5.73 Å². The molecule has 1 unspecified atom stereocenters. The first-order chi connectivity index (χ1) is 5.74. The van der Waals surface area contributed by atoms with Gasteiger partial charge in [-0.1, -0.05) is 13.3 Å². The van der Waals surface area contributed by atoms with Crippen LogP contribution in [0.3, 0.4) is 0 Å². The summed E-state index contributed by atoms with van der Waals surface area (Å²) in [6.45, 7) is 3.92. The lowest BCUT2D eigenvalue weighted by Crippen LogP contribution is -2.42. The molecule has 0 radical (unpaired) electrons. The number of urea groups is 1. The highest BCUT2D eigenvalue weighted by atomic mass is 16.2. The molecule has 12 heavy (non-hydrogen) atoms. The lowest BCUT2D eigenvalue weighted by molar-refractivity contribution is 0.170. The van der Waals surface area contributed by atoms with Crippen LogP contribution < -0.4 is 5.73 Å². The van der Waals surface area contributed by atoms with Gasteiger partial charge in [0.1, 0.15) is 0 Å². The van der Waals surface area contributed by atoms with Gasteiger partial charge in [-0.3, -0.25) is 0 Å². The molecular formula is C9H18N2O. The van der Waals surface area contributed by atoms with E-state index in [0.717, 1.165) is 19.5 Å². The van der Waals surface area contributed by atoms with Crippen molar-refractivity contribution in [2.24, 2.45) is 11.7 Å². The van der Waals surface area contributed by atoms with Crippen molar-refractivity contribution in [2.75, 3.05) is 13.1 Å². The number of carbonyl (C=O) groups is 1. The zero-order valence-electron chi connectivity index (χ0n) is 7.75. The van der Waals surface area contributed by atoms with Crippen LogP contribution in [0.4, 0.5) is 4.79 Å². The van der Waals surface area contributed by atoms with E-state index >= 15 is 0 Å². The first-order valence-electron chi connectivity index (χ1n) is 4.78. The van der Waals surface area contributed by atoms with E-state index in [-0.39, 0.29) is 6.03 Å². The third kappa shape index (κ3) is 2.40. The van der Waals surface area contributed by atoms with Crippen LogP contribution in [0.5, 0.6) is 0 Å². The topological polar surface area (TPSA) is 46.3 Å². The number of hydrogen-bond acceptors (Lipinski definition) is 1. The Morgan fingerprint density at radius 1 is 1.67 bits per heavy atom. The fraction of sp³-hybridized carbons (Fsp3) is 0.889. The molecule has 0 aliphatic carbocycles. The summed E-state index contributed by atoms with van der Waals surface area (Å²) >= 11 is 0. The Bertz CT molecular complexity index is 157. The number of carbonyl (C=O) groups excluding carboxylic acids is 1. The number of amides is 2. The summed E-state index contributed by atoms with van der Waals surface area (Å²) in [5, 5.41) is 0. The Morgan fingerprint density at radius 2 is 2.42 bits per heavy atom. The van der Waals surface area contributed by atoms with E-state index in [9.17, 15) is 4.79 Å². The maximum Gasteiger partial charge on any atom is 0.314 e. The summed E-state index contributed by atoms with van der Waals surface area (Å²) in [5.74, 6) is 0.691. The number of nitrogens with zero attached hydrogens (tertiary/aromatic N) is 1. The average molecular weight is 170 g/mol. The van der Waals surface area contributed by atoms with Crippen LogP contribution in [0.2, 0.25) is 0 Å². The highest BCUT2D eigenvalue weighted by Crippen LogP contribution is 2.20. The molecule has 2 amide bonds. The summed E-state index contributed by atoms with van der Waals surface area (Å²) in [7, 11) is 0. The second kappa shape index (κ2) is 4.33. The molecular weight excluding hydrogens is 152 g/mol. The third-order valence-electron chi connectivity index (χ3n) is 2.53. The molecule has 0 saturated carbocycles. The SMILES string of the molecule is CCCC1CCCN(C(N)=O)C1. The summed E-state index contributed by atoms with van der Waals surface area (Å²) in [4.78, 5) is 12.6. The summed E-state index contributed by atoms with van der Waals surface area (Å²) < 4.78 is 0. The van der Waals surface area contributed by atoms with E-state index < -0.39 is 0 Å². The fourth-order valence-corrected chi connectivity index (χ4v) is 1.91. The van der Waals surface area contributed by atoms with Crippen LogP contribution in [0, 0.1) is 5.92 Å². The second-order valence-electron chi connectivity index (χ2n) is 3.58. The highest BCUT2D eigenvalue weighted by Gasteiger charge is 2.20. The first kappa shape index (κ1) is 9.36. The molecule has 3 heteroatoms. The van der Waals surface area contributed by atoms with Gasteiger partial charge in [-0.15, -0.1) is 0 Å². The molecule has 0 aromatic heterocycles. The number of hydrogen-bond donors (Lipinski definition) is 1. The van der Waals surface area contributed by atoms with Gasteiger partial charge < -0.3 is 10.6 Å². The normalized spacial score (nSPS) is 24.1. The molecule has 1 atom stereocenters. The average Bonchev–Trinajstić information content (AvgIpc) is 2.05. The van der Waals surface area contributed by atoms with Crippen molar-refractivity contribution < 1.29 is 4.79 Å². The molecule has 1 saturated heterocycles. The Balaban J connectivity index is 2.35. The minimum atomic E-state index is -0.254. The van der Waals surface area contributed by atoms with E-state index in [0.29, 0.717) is 5.92 Å². The van der Waals surface area contributed by atoms with Gasteiger partial charge in [0.05, 0.1) is 0 Å². The van der Waals surface area contributed by atoms with Gasteiger partial charge in [-0.25, -0.2) is 4.79 Å². The largest absolute Gasteiger partial charge is 0.351 e. The Kier molecular flexibility index (Phi) is 3.38. The lowest BCUT2D eigenvalue weighted by atomic mass is 9.94. The fourth-order valence-electron chi connectivity index (χ4n) is 1.91. The number of nitrogens with two attached hydrogens (primary N) is 1. The van der Waals surface area contributed by atoms with Crippen LogP contribution in [0.25, 0.3) is 0 Å². The summed E-state index contributed by atoms with van der Waals surface area (Å²) in [6.07, 6.45) is 4.81. The molecule has 0 aromatic rings. The molecule has 1 heterocycles. The molecule has 1 aliphatic rings. The molecule has 0 bridgehead atoms. The van der Waals surface area contributed by atoms with Crippen molar-refractivity contribution >= 4 is 6.03 Å². The molecule has 70 valence electrons. The summed E-state index contributed by atoms with van der Waals surface area (Å²) in [6, 6.07) is -0.254. The van der Waals surface area contributed by atoms with Gasteiger partial charge in [0, 0.05) is 13.1 Å². The number of piperidine rings is 1. The molecule has 1 fully saturated rings. The van der Waals surface area contributed by atoms with Crippen molar-refractivity contribution in [1.29, 1.82) is 0 Å². The standard InChI is InChI=1S/C9H18N2O/c1-2-4-8-5-3-6-11(7-8)9(10)12/h8H,2-7H2,1H3,(H2,10,12). The van der Waals surface area contributed by atoms with Crippen LogP contribution in [0.1, 0.15) is 32.6 Å². The third-order valence-corrected chi connectivity index (χ3v) is 2.53. The Labute approximate surface area is 73.9 Å². The zero-order valence-corrected chi connectivity index (χ0v) is 7.75. The quantitative estimate of drug-likeness (QED) is 0.672.